The normalized spacial score (nSPS) is 19.9. The number of thiophene rings is 1. The minimum atomic E-state index is -3.91. The summed E-state index contributed by atoms with van der Waals surface area (Å²) in [5.41, 5.74) is -3.43. The Morgan fingerprint density at radius 3 is 2.54 bits per heavy atom. The van der Waals surface area contributed by atoms with Gasteiger partial charge in [-0.3, -0.25) is 4.79 Å². The van der Waals surface area contributed by atoms with Crippen molar-refractivity contribution in [2.75, 3.05) is 18.1 Å². The van der Waals surface area contributed by atoms with Crippen molar-refractivity contribution in [3.05, 3.63) is 46.2 Å². The van der Waals surface area contributed by atoms with Gasteiger partial charge in [-0.05, 0) is 29.6 Å². The number of carbonyl (C=O) groups excluding carboxylic acids is 1. The summed E-state index contributed by atoms with van der Waals surface area (Å²) in [5, 5.41) is 1.84. The fraction of sp³-hybridized carbons (Fsp3) is 0.421. The zero-order valence-electron chi connectivity index (χ0n) is 15.8. The van der Waals surface area contributed by atoms with Crippen LogP contribution in [0.4, 0.5) is 14.5 Å². The molecule has 1 aromatic carbocycles. The maximum Gasteiger partial charge on any atom is 0.270 e. The van der Waals surface area contributed by atoms with E-state index in [1.165, 1.54) is 29.5 Å². The summed E-state index contributed by atoms with van der Waals surface area (Å²) >= 11 is 1.41. The zero-order chi connectivity index (χ0) is 20.7. The van der Waals surface area contributed by atoms with E-state index < -0.39 is 33.7 Å². The average molecular weight is 429 g/mol. The first-order valence-corrected chi connectivity index (χ1v) is 11.1. The highest BCUT2D eigenvalue weighted by Gasteiger charge is 2.59. The molecule has 5 nitrogen and oxygen atoms in total. The molecule has 1 aliphatic heterocycles. The molecule has 28 heavy (non-hydrogen) atoms. The largest absolute Gasteiger partial charge is 0.306 e. The minimum Gasteiger partial charge on any atom is -0.306 e. The summed E-state index contributed by atoms with van der Waals surface area (Å²) in [6.45, 7) is 3.69. The molecule has 1 atom stereocenters. The van der Waals surface area contributed by atoms with Crippen molar-refractivity contribution < 1.29 is 22.0 Å². The van der Waals surface area contributed by atoms with E-state index in [-0.39, 0.29) is 29.2 Å². The number of fused-ring (bicyclic) bond motifs is 1. The van der Waals surface area contributed by atoms with Gasteiger partial charge in [0.2, 0.25) is 15.7 Å². The van der Waals surface area contributed by atoms with Crippen LogP contribution >= 0.6 is 11.3 Å². The Bertz CT molecular complexity index is 985. The number of amides is 1. The van der Waals surface area contributed by atoms with Crippen molar-refractivity contribution in [2.45, 2.75) is 37.9 Å². The Labute approximate surface area is 167 Å². The van der Waals surface area contributed by atoms with Gasteiger partial charge in [0.05, 0.1) is 17.1 Å². The first kappa shape index (κ1) is 20.9. The van der Waals surface area contributed by atoms with Gasteiger partial charge >= 0.3 is 0 Å². The van der Waals surface area contributed by atoms with Crippen LogP contribution < -0.4 is 9.62 Å². The van der Waals surface area contributed by atoms with Gasteiger partial charge in [-0.1, -0.05) is 26.8 Å². The molecule has 2 heterocycles. The quantitative estimate of drug-likeness (QED) is 0.762. The van der Waals surface area contributed by atoms with Crippen molar-refractivity contribution in [2.24, 2.45) is 5.41 Å². The summed E-state index contributed by atoms with van der Waals surface area (Å²) in [6.07, 6.45) is 0. The maximum atomic E-state index is 16.0. The molecule has 152 valence electrons. The lowest BCUT2D eigenvalue weighted by Crippen LogP contribution is -2.46. The summed E-state index contributed by atoms with van der Waals surface area (Å²) in [5.74, 6) is -0.867. The summed E-state index contributed by atoms with van der Waals surface area (Å²) < 4.78 is 56.8. The lowest BCUT2D eigenvalue weighted by Gasteiger charge is -2.33. The van der Waals surface area contributed by atoms with Crippen LogP contribution in [-0.2, 0) is 27.0 Å². The van der Waals surface area contributed by atoms with Crippen LogP contribution in [0.25, 0.3) is 0 Å². The van der Waals surface area contributed by atoms with Crippen LogP contribution in [-0.4, -0.2) is 27.5 Å². The number of nitrogens with one attached hydrogen (secondary N) is 1. The predicted octanol–water partition coefficient (Wildman–Crippen LogP) is 3.75. The van der Waals surface area contributed by atoms with Crippen molar-refractivity contribution in [3.8, 4) is 0 Å². The van der Waals surface area contributed by atoms with Crippen molar-refractivity contribution in [3.63, 3.8) is 0 Å². The average Bonchev–Trinajstić information content (AvgIpc) is 3.22. The van der Waals surface area contributed by atoms with Gasteiger partial charge in [-0.15, -0.1) is 11.3 Å². The van der Waals surface area contributed by atoms with Crippen molar-refractivity contribution in [1.82, 2.24) is 4.72 Å². The maximum absolute atomic E-state index is 16.0. The van der Waals surface area contributed by atoms with E-state index >= 15 is 4.39 Å². The number of anilines is 1. The SMILES string of the molecule is CC(C)(C)C1(F)C(=O)N(CCF)c2ccc(S(=O)(=O)NCc3cccs3)cc21. The number of nitrogens with zero attached hydrogens (tertiary/aromatic N) is 1. The van der Waals surface area contributed by atoms with Crippen molar-refractivity contribution in [1.29, 1.82) is 0 Å². The Hall–Kier alpha value is -1.84. The number of carbonyl (C=O) groups is 1. The molecule has 1 unspecified atom stereocenters. The van der Waals surface area contributed by atoms with E-state index in [0.717, 1.165) is 9.78 Å². The third-order valence-electron chi connectivity index (χ3n) is 4.84. The van der Waals surface area contributed by atoms with E-state index in [4.69, 9.17) is 0 Å². The predicted molar refractivity (Wildman–Crippen MR) is 105 cm³/mol. The molecule has 0 fully saturated rings. The first-order chi connectivity index (χ1) is 13.0. The van der Waals surface area contributed by atoms with Gasteiger partial charge in [-0.25, -0.2) is 21.9 Å². The molecular formula is C19H22F2N2O3S2. The molecule has 2 aromatic rings. The molecule has 1 aliphatic rings. The highest BCUT2D eigenvalue weighted by Crippen LogP contribution is 2.53. The van der Waals surface area contributed by atoms with Crippen LogP contribution in [0.15, 0.2) is 40.6 Å². The van der Waals surface area contributed by atoms with Gasteiger partial charge in [0.25, 0.3) is 5.91 Å². The third-order valence-corrected chi connectivity index (χ3v) is 7.11. The first-order valence-electron chi connectivity index (χ1n) is 8.76. The molecule has 3 rings (SSSR count). The minimum absolute atomic E-state index is 0.0440. The number of benzene rings is 1. The molecule has 1 amide bonds. The number of sulfonamides is 1. The van der Waals surface area contributed by atoms with Crippen LogP contribution in [0.1, 0.15) is 31.2 Å². The van der Waals surface area contributed by atoms with Crippen LogP contribution in [0, 0.1) is 5.41 Å². The van der Waals surface area contributed by atoms with Crippen LogP contribution in [0.3, 0.4) is 0 Å². The van der Waals surface area contributed by atoms with E-state index in [1.54, 1.807) is 26.8 Å². The number of alkyl halides is 2. The Kier molecular flexibility index (Phi) is 5.37. The molecule has 0 saturated heterocycles. The Balaban J connectivity index is 2.04. The molecule has 1 aromatic heterocycles. The van der Waals surface area contributed by atoms with Gasteiger partial charge in [-0.2, -0.15) is 0 Å². The molecule has 0 saturated carbocycles. The highest BCUT2D eigenvalue weighted by atomic mass is 32.2. The molecule has 0 spiro atoms. The van der Waals surface area contributed by atoms with Crippen molar-refractivity contribution >= 4 is 33.0 Å². The molecule has 1 N–H and O–H groups in total. The molecule has 0 radical (unpaired) electrons. The standard InChI is InChI=1S/C19H22F2N2O3S2/c1-18(2,3)19(21)15-11-14(6-7-16(15)23(9-8-20)17(19)24)28(25,26)22-12-13-5-4-10-27-13/h4-7,10-11,22H,8-9,12H2,1-3H3. The van der Waals surface area contributed by atoms with E-state index in [2.05, 4.69) is 4.72 Å². The van der Waals surface area contributed by atoms with E-state index in [9.17, 15) is 17.6 Å². The van der Waals surface area contributed by atoms with Gasteiger partial charge in [0, 0.05) is 22.4 Å². The lowest BCUT2D eigenvalue weighted by molar-refractivity contribution is -0.136. The van der Waals surface area contributed by atoms with Gasteiger partial charge in [0.15, 0.2) is 0 Å². The van der Waals surface area contributed by atoms with Gasteiger partial charge in [0.1, 0.15) is 6.67 Å². The highest BCUT2D eigenvalue weighted by molar-refractivity contribution is 7.89. The third kappa shape index (κ3) is 3.35. The number of rotatable bonds is 6. The van der Waals surface area contributed by atoms with E-state index in [0.29, 0.717) is 0 Å². The number of hydrogen-bond donors (Lipinski definition) is 1. The Morgan fingerprint density at radius 1 is 1.25 bits per heavy atom. The number of hydrogen-bond acceptors (Lipinski definition) is 4. The monoisotopic (exact) mass is 428 g/mol. The topological polar surface area (TPSA) is 66.5 Å². The van der Waals surface area contributed by atoms with E-state index in [1.807, 2.05) is 11.4 Å². The molecule has 9 heteroatoms. The zero-order valence-corrected chi connectivity index (χ0v) is 17.5. The summed E-state index contributed by atoms with van der Waals surface area (Å²) in [6, 6.07) is 7.48. The second-order valence-electron chi connectivity index (χ2n) is 7.64. The number of halogens is 2. The van der Waals surface area contributed by atoms with Crippen LogP contribution in [0.2, 0.25) is 0 Å². The molecule has 0 aliphatic carbocycles. The second kappa shape index (κ2) is 7.20. The summed E-state index contributed by atoms with van der Waals surface area (Å²) in [7, 11) is -3.91. The fourth-order valence-electron chi connectivity index (χ4n) is 3.30. The fourth-order valence-corrected chi connectivity index (χ4v) is 5.07. The smallest absolute Gasteiger partial charge is 0.270 e. The second-order valence-corrected chi connectivity index (χ2v) is 10.4. The Morgan fingerprint density at radius 2 is 1.96 bits per heavy atom. The molecular weight excluding hydrogens is 406 g/mol. The van der Waals surface area contributed by atoms with Crippen LogP contribution in [0.5, 0.6) is 0 Å². The van der Waals surface area contributed by atoms with Gasteiger partial charge < -0.3 is 4.90 Å². The summed E-state index contributed by atoms with van der Waals surface area (Å²) in [4.78, 5) is 14.5. The lowest BCUT2D eigenvalue weighted by atomic mass is 9.74. The molecule has 0 bridgehead atoms.